The van der Waals surface area contributed by atoms with Gasteiger partial charge in [0.2, 0.25) is 0 Å². The SMILES string of the molecule is C/C(=C/Cl)Cn1ccc2c(C#N)cccc21. The summed E-state index contributed by atoms with van der Waals surface area (Å²) in [7, 11) is 0. The summed E-state index contributed by atoms with van der Waals surface area (Å²) in [6.07, 6.45) is 1.98. The molecule has 0 atom stereocenters. The van der Waals surface area contributed by atoms with Gasteiger partial charge in [-0.1, -0.05) is 17.7 Å². The molecule has 0 saturated heterocycles. The molecule has 2 aromatic rings. The zero-order chi connectivity index (χ0) is 11.5. The lowest BCUT2D eigenvalue weighted by Crippen LogP contribution is -1.96. The zero-order valence-corrected chi connectivity index (χ0v) is 9.70. The van der Waals surface area contributed by atoms with Crippen LogP contribution in [-0.2, 0) is 6.54 Å². The Morgan fingerprint density at radius 1 is 1.50 bits per heavy atom. The van der Waals surface area contributed by atoms with E-state index in [9.17, 15) is 0 Å². The fraction of sp³-hybridized carbons (Fsp3) is 0.154. The van der Waals surface area contributed by atoms with Crippen LogP contribution in [0.5, 0.6) is 0 Å². The number of aromatic nitrogens is 1. The highest BCUT2D eigenvalue weighted by Gasteiger charge is 2.04. The van der Waals surface area contributed by atoms with Crippen molar-refractivity contribution in [3.8, 4) is 6.07 Å². The summed E-state index contributed by atoms with van der Waals surface area (Å²) in [6.45, 7) is 2.73. The zero-order valence-electron chi connectivity index (χ0n) is 8.94. The van der Waals surface area contributed by atoms with Crippen LogP contribution in [0.25, 0.3) is 10.9 Å². The van der Waals surface area contributed by atoms with E-state index in [4.69, 9.17) is 16.9 Å². The van der Waals surface area contributed by atoms with Crippen molar-refractivity contribution in [2.45, 2.75) is 13.5 Å². The van der Waals surface area contributed by atoms with E-state index in [0.717, 1.165) is 23.0 Å². The van der Waals surface area contributed by atoms with E-state index in [1.54, 1.807) is 5.54 Å². The van der Waals surface area contributed by atoms with Crippen LogP contribution < -0.4 is 0 Å². The second kappa shape index (κ2) is 4.42. The molecule has 2 rings (SSSR count). The van der Waals surface area contributed by atoms with Crippen LogP contribution in [0.4, 0.5) is 0 Å². The molecule has 0 fully saturated rings. The number of fused-ring (bicyclic) bond motifs is 1. The first kappa shape index (κ1) is 10.8. The topological polar surface area (TPSA) is 28.7 Å². The van der Waals surface area contributed by atoms with Crippen LogP contribution in [-0.4, -0.2) is 4.57 Å². The Balaban J connectivity index is 2.54. The minimum Gasteiger partial charge on any atom is -0.343 e. The number of hydrogen-bond acceptors (Lipinski definition) is 1. The van der Waals surface area contributed by atoms with Crippen molar-refractivity contribution in [2.24, 2.45) is 0 Å². The lowest BCUT2D eigenvalue weighted by molar-refractivity contribution is 0.821. The fourth-order valence-electron chi connectivity index (χ4n) is 1.76. The van der Waals surface area contributed by atoms with Gasteiger partial charge < -0.3 is 4.57 Å². The molecule has 0 unspecified atom stereocenters. The fourth-order valence-corrected chi connectivity index (χ4v) is 1.83. The largest absolute Gasteiger partial charge is 0.343 e. The average molecular weight is 231 g/mol. The van der Waals surface area contributed by atoms with Crippen molar-refractivity contribution in [2.75, 3.05) is 0 Å². The van der Waals surface area contributed by atoms with Gasteiger partial charge in [0, 0.05) is 29.2 Å². The molecule has 0 saturated carbocycles. The van der Waals surface area contributed by atoms with Crippen LogP contribution in [0.3, 0.4) is 0 Å². The average Bonchev–Trinajstić information content (AvgIpc) is 2.72. The maximum absolute atomic E-state index is 8.98. The van der Waals surface area contributed by atoms with Crippen molar-refractivity contribution < 1.29 is 0 Å². The van der Waals surface area contributed by atoms with E-state index in [-0.39, 0.29) is 0 Å². The van der Waals surface area contributed by atoms with E-state index in [2.05, 4.69) is 10.6 Å². The van der Waals surface area contributed by atoms with Gasteiger partial charge in [-0.25, -0.2) is 0 Å². The van der Waals surface area contributed by atoms with Crippen LogP contribution in [0.1, 0.15) is 12.5 Å². The van der Waals surface area contributed by atoms with Crippen molar-refractivity contribution >= 4 is 22.5 Å². The Kier molecular flexibility index (Phi) is 2.98. The molecule has 0 bridgehead atoms. The third kappa shape index (κ3) is 1.82. The molecule has 0 spiro atoms. The van der Waals surface area contributed by atoms with Gasteiger partial charge in [-0.05, 0) is 30.7 Å². The van der Waals surface area contributed by atoms with Gasteiger partial charge in [-0.3, -0.25) is 0 Å². The summed E-state index contributed by atoms with van der Waals surface area (Å²) in [5, 5.41) is 9.97. The van der Waals surface area contributed by atoms with Gasteiger partial charge in [0.25, 0.3) is 0 Å². The highest BCUT2D eigenvalue weighted by atomic mass is 35.5. The minimum atomic E-state index is 0.712. The molecule has 0 aliphatic carbocycles. The Hall–Kier alpha value is -1.72. The van der Waals surface area contributed by atoms with E-state index in [1.165, 1.54) is 0 Å². The van der Waals surface area contributed by atoms with Gasteiger partial charge in [-0.15, -0.1) is 0 Å². The van der Waals surface area contributed by atoms with Crippen molar-refractivity contribution in [1.82, 2.24) is 4.57 Å². The summed E-state index contributed by atoms with van der Waals surface area (Å²) in [6, 6.07) is 9.91. The molecule has 1 aromatic heterocycles. The molecule has 80 valence electrons. The number of nitrogens with zero attached hydrogens (tertiary/aromatic N) is 2. The van der Waals surface area contributed by atoms with E-state index in [1.807, 2.05) is 37.4 Å². The summed E-state index contributed by atoms with van der Waals surface area (Å²) in [5.41, 5.74) is 4.45. The van der Waals surface area contributed by atoms with Gasteiger partial charge in [0.1, 0.15) is 0 Å². The van der Waals surface area contributed by atoms with Gasteiger partial charge in [0.05, 0.1) is 11.6 Å². The molecule has 0 aliphatic heterocycles. The molecule has 1 aromatic carbocycles. The van der Waals surface area contributed by atoms with Crippen LogP contribution in [0.15, 0.2) is 41.6 Å². The first-order valence-corrected chi connectivity index (χ1v) is 5.43. The second-order valence-electron chi connectivity index (χ2n) is 3.75. The maximum Gasteiger partial charge on any atom is 0.0998 e. The Morgan fingerprint density at radius 2 is 2.31 bits per heavy atom. The van der Waals surface area contributed by atoms with Crippen molar-refractivity contribution in [3.63, 3.8) is 0 Å². The molecule has 0 N–H and O–H groups in total. The standard InChI is InChI=1S/C13H11ClN2/c1-10(7-14)9-16-6-5-12-11(8-15)3-2-4-13(12)16/h2-7H,9H2,1H3/b10-7-. The lowest BCUT2D eigenvalue weighted by atomic mass is 10.1. The Bertz CT molecular complexity index is 587. The third-order valence-corrected chi connectivity index (χ3v) is 2.91. The van der Waals surface area contributed by atoms with Crippen molar-refractivity contribution in [1.29, 1.82) is 5.26 Å². The number of nitriles is 1. The normalized spacial score (nSPS) is 11.7. The molecular weight excluding hydrogens is 220 g/mol. The summed E-state index contributed by atoms with van der Waals surface area (Å²) in [5.74, 6) is 0. The molecule has 0 radical (unpaired) electrons. The van der Waals surface area contributed by atoms with E-state index < -0.39 is 0 Å². The smallest absolute Gasteiger partial charge is 0.0998 e. The lowest BCUT2D eigenvalue weighted by Gasteiger charge is -2.04. The highest BCUT2D eigenvalue weighted by Crippen LogP contribution is 2.20. The Labute approximate surface area is 99.4 Å². The summed E-state index contributed by atoms with van der Waals surface area (Å²) in [4.78, 5) is 0. The quantitative estimate of drug-likeness (QED) is 0.774. The molecule has 16 heavy (non-hydrogen) atoms. The van der Waals surface area contributed by atoms with Crippen molar-refractivity contribution in [3.05, 3.63) is 47.1 Å². The van der Waals surface area contributed by atoms with E-state index in [0.29, 0.717) is 5.56 Å². The predicted octanol–water partition coefficient (Wildman–Crippen LogP) is 3.66. The first-order valence-electron chi connectivity index (χ1n) is 5.00. The van der Waals surface area contributed by atoms with Gasteiger partial charge in [-0.2, -0.15) is 5.26 Å². The maximum atomic E-state index is 8.98. The number of halogens is 1. The predicted molar refractivity (Wildman–Crippen MR) is 66.3 cm³/mol. The number of rotatable bonds is 2. The third-order valence-electron chi connectivity index (χ3n) is 2.54. The molecular formula is C13H11ClN2. The monoisotopic (exact) mass is 230 g/mol. The number of allylic oxidation sites excluding steroid dienone is 1. The van der Waals surface area contributed by atoms with Gasteiger partial charge >= 0.3 is 0 Å². The number of benzene rings is 1. The van der Waals surface area contributed by atoms with Crippen LogP contribution in [0.2, 0.25) is 0 Å². The molecule has 3 heteroatoms. The minimum absolute atomic E-state index is 0.712. The Morgan fingerprint density at radius 3 is 3.00 bits per heavy atom. The molecule has 0 amide bonds. The molecule has 0 aliphatic rings. The van der Waals surface area contributed by atoms with Crippen LogP contribution in [0, 0.1) is 11.3 Å². The van der Waals surface area contributed by atoms with Gasteiger partial charge in [0.15, 0.2) is 0 Å². The second-order valence-corrected chi connectivity index (χ2v) is 3.97. The summed E-state index contributed by atoms with van der Waals surface area (Å²) < 4.78 is 2.09. The first-order chi connectivity index (χ1) is 7.76. The van der Waals surface area contributed by atoms with E-state index >= 15 is 0 Å². The number of hydrogen-bond donors (Lipinski definition) is 0. The molecule has 2 nitrogen and oxygen atoms in total. The molecule has 1 heterocycles. The highest BCUT2D eigenvalue weighted by molar-refractivity contribution is 6.25. The summed E-state index contributed by atoms with van der Waals surface area (Å²) >= 11 is 5.65. The van der Waals surface area contributed by atoms with Crippen LogP contribution >= 0.6 is 11.6 Å².